The lowest BCUT2D eigenvalue weighted by molar-refractivity contribution is -0.144. The van der Waals surface area contributed by atoms with E-state index in [9.17, 15) is 14.4 Å². The van der Waals surface area contributed by atoms with Gasteiger partial charge in [-0.2, -0.15) is 0 Å². The second kappa shape index (κ2) is 13.7. The summed E-state index contributed by atoms with van der Waals surface area (Å²) < 4.78 is 10.6. The van der Waals surface area contributed by atoms with Gasteiger partial charge in [-0.15, -0.1) is 11.3 Å². The van der Waals surface area contributed by atoms with E-state index >= 15 is 0 Å². The van der Waals surface area contributed by atoms with Crippen molar-refractivity contribution in [1.82, 2.24) is 10.3 Å². The molecular weight excluding hydrogens is 502 g/mol. The molecular formula is C29H27N3O5S. The van der Waals surface area contributed by atoms with E-state index in [2.05, 4.69) is 15.6 Å². The van der Waals surface area contributed by atoms with E-state index in [0.717, 1.165) is 16.7 Å². The van der Waals surface area contributed by atoms with Crippen molar-refractivity contribution in [3.05, 3.63) is 119 Å². The topological polar surface area (TPSA) is 107 Å². The molecule has 4 rings (SSSR count). The highest BCUT2D eigenvalue weighted by Crippen LogP contribution is 2.17. The van der Waals surface area contributed by atoms with Crippen LogP contribution in [0, 0.1) is 0 Å². The molecule has 0 bridgehead atoms. The van der Waals surface area contributed by atoms with E-state index < -0.39 is 24.0 Å². The van der Waals surface area contributed by atoms with E-state index in [4.69, 9.17) is 9.47 Å². The summed E-state index contributed by atoms with van der Waals surface area (Å²) in [6.07, 6.45) is -0.459. The first kappa shape index (κ1) is 26.6. The van der Waals surface area contributed by atoms with Crippen LogP contribution in [0.25, 0.3) is 0 Å². The second-order valence-corrected chi connectivity index (χ2v) is 9.26. The highest BCUT2D eigenvalue weighted by Gasteiger charge is 2.23. The van der Waals surface area contributed by atoms with Crippen molar-refractivity contribution in [1.29, 1.82) is 0 Å². The molecule has 0 unspecified atom stereocenters. The van der Waals surface area contributed by atoms with Crippen molar-refractivity contribution in [3.63, 3.8) is 0 Å². The average molecular weight is 530 g/mol. The summed E-state index contributed by atoms with van der Waals surface area (Å²) in [4.78, 5) is 42.1. The number of alkyl carbamates (subject to hydrolysis) is 1. The summed E-state index contributed by atoms with van der Waals surface area (Å²) in [5.41, 5.74) is 3.09. The van der Waals surface area contributed by atoms with Gasteiger partial charge in [0.05, 0.1) is 12.1 Å². The molecule has 1 aromatic heterocycles. The minimum Gasteiger partial charge on any atom is -0.461 e. The van der Waals surface area contributed by atoms with Gasteiger partial charge in [-0.05, 0) is 16.7 Å². The third-order valence-corrected chi connectivity index (χ3v) is 6.26. The van der Waals surface area contributed by atoms with Crippen LogP contribution in [0.15, 0.2) is 96.4 Å². The van der Waals surface area contributed by atoms with Crippen molar-refractivity contribution >= 4 is 34.4 Å². The number of hydrogen-bond acceptors (Lipinski definition) is 7. The van der Waals surface area contributed by atoms with Crippen molar-refractivity contribution in [2.75, 3.05) is 5.32 Å². The van der Waals surface area contributed by atoms with Crippen LogP contribution in [-0.4, -0.2) is 29.0 Å². The van der Waals surface area contributed by atoms with Gasteiger partial charge in [0.25, 0.3) is 0 Å². The van der Waals surface area contributed by atoms with Gasteiger partial charge >= 0.3 is 12.1 Å². The summed E-state index contributed by atoms with van der Waals surface area (Å²) in [7, 11) is 0. The van der Waals surface area contributed by atoms with Crippen LogP contribution in [-0.2, 0) is 45.1 Å². The molecule has 0 radical (unpaired) electrons. The van der Waals surface area contributed by atoms with Crippen LogP contribution < -0.4 is 10.6 Å². The molecule has 0 aliphatic rings. The first-order valence-corrected chi connectivity index (χ1v) is 12.9. The Kier molecular flexibility index (Phi) is 9.58. The number of nitrogens with zero attached hydrogens (tertiary/aromatic N) is 1. The van der Waals surface area contributed by atoms with Gasteiger partial charge in [0, 0.05) is 11.8 Å². The number of esters is 1. The molecule has 0 aliphatic heterocycles. The van der Waals surface area contributed by atoms with Crippen molar-refractivity contribution in [2.24, 2.45) is 0 Å². The fourth-order valence-electron chi connectivity index (χ4n) is 3.54. The van der Waals surface area contributed by atoms with Crippen molar-refractivity contribution in [2.45, 2.75) is 32.1 Å². The quantitative estimate of drug-likeness (QED) is 0.268. The SMILES string of the molecule is O=C(Cc1csc(NC(=O)[C@H](Cc2ccccc2)NC(=O)OCc2ccccc2)n1)OCc1ccccc1. The van der Waals surface area contributed by atoms with Crippen LogP contribution >= 0.6 is 11.3 Å². The Morgan fingerprint density at radius 3 is 1.92 bits per heavy atom. The van der Waals surface area contributed by atoms with Gasteiger partial charge in [-0.25, -0.2) is 9.78 Å². The third-order valence-electron chi connectivity index (χ3n) is 5.45. The normalized spacial score (nSPS) is 11.3. The van der Waals surface area contributed by atoms with Crippen LogP contribution in [0.3, 0.4) is 0 Å². The standard InChI is InChI=1S/C29H27N3O5S/c33-26(36-18-22-12-6-2-7-13-22)17-24-20-38-28(30-24)32-27(34)25(16-21-10-4-1-5-11-21)31-29(35)37-19-23-14-8-3-9-15-23/h1-15,20,25H,16-19H2,(H,31,35)(H,30,32,34)/t25-/m0/s1. The molecule has 0 aliphatic carbocycles. The largest absolute Gasteiger partial charge is 0.461 e. The first-order chi connectivity index (χ1) is 18.5. The predicted octanol–water partition coefficient (Wildman–Crippen LogP) is 4.91. The van der Waals surface area contributed by atoms with E-state index in [-0.39, 0.29) is 26.1 Å². The Bertz CT molecular complexity index is 1330. The number of rotatable bonds is 11. The Morgan fingerprint density at radius 2 is 1.32 bits per heavy atom. The predicted molar refractivity (Wildman–Crippen MR) is 144 cm³/mol. The number of carbonyl (C=O) groups is 3. The second-order valence-electron chi connectivity index (χ2n) is 8.40. The Morgan fingerprint density at radius 1 is 0.763 bits per heavy atom. The molecule has 194 valence electrons. The zero-order valence-corrected chi connectivity index (χ0v) is 21.4. The number of hydrogen-bond donors (Lipinski definition) is 2. The highest BCUT2D eigenvalue weighted by atomic mass is 32.1. The summed E-state index contributed by atoms with van der Waals surface area (Å²) in [6.45, 7) is 0.267. The number of carbonyl (C=O) groups excluding carboxylic acids is 3. The minimum atomic E-state index is -0.899. The van der Waals surface area contributed by atoms with E-state index in [1.807, 2.05) is 91.0 Å². The Hall–Kier alpha value is -4.50. The molecule has 2 amide bonds. The van der Waals surface area contributed by atoms with E-state index in [0.29, 0.717) is 10.8 Å². The van der Waals surface area contributed by atoms with Crippen LogP contribution in [0.4, 0.5) is 9.93 Å². The zero-order valence-electron chi connectivity index (χ0n) is 20.5. The van der Waals surface area contributed by atoms with E-state index in [1.165, 1.54) is 11.3 Å². The number of anilines is 1. The van der Waals surface area contributed by atoms with E-state index in [1.54, 1.807) is 5.38 Å². The van der Waals surface area contributed by atoms with Crippen LogP contribution in [0.5, 0.6) is 0 Å². The molecule has 1 atom stereocenters. The molecule has 1 heterocycles. The lowest BCUT2D eigenvalue weighted by Crippen LogP contribution is -2.45. The molecule has 3 aromatic carbocycles. The molecule has 4 aromatic rings. The number of amides is 2. The average Bonchev–Trinajstić information content (AvgIpc) is 3.38. The molecule has 38 heavy (non-hydrogen) atoms. The van der Waals surface area contributed by atoms with Gasteiger partial charge in [-0.1, -0.05) is 91.0 Å². The number of thiazole rings is 1. The maximum absolute atomic E-state index is 13.1. The van der Waals surface area contributed by atoms with Crippen LogP contribution in [0.1, 0.15) is 22.4 Å². The molecule has 8 nitrogen and oxygen atoms in total. The summed E-state index contributed by atoms with van der Waals surface area (Å²) in [5.74, 6) is -0.861. The van der Waals surface area contributed by atoms with Crippen molar-refractivity contribution < 1.29 is 23.9 Å². The lowest BCUT2D eigenvalue weighted by atomic mass is 10.1. The van der Waals surface area contributed by atoms with Gasteiger partial charge in [0.15, 0.2) is 5.13 Å². The Labute approximate surface area is 224 Å². The smallest absolute Gasteiger partial charge is 0.408 e. The maximum atomic E-state index is 13.1. The van der Waals surface area contributed by atoms with Crippen LogP contribution in [0.2, 0.25) is 0 Å². The molecule has 9 heteroatoms. The highest BCUT2D eigenvalue weighted by molar-refractivity contribution is 7.13. The monoisotopic (exact) mass is 529 g/mol. The summed E-state index contributed by atoms with van der Waals surface area (Å²) in [6, 6.07) is 27.1. The zero-order chi connectivity index (χ0) is 26.6. The van der Waals surface area contributed by atoms with Gasteiger partial charge in [-0.3, -0.25) is 9.59 Å². The summed E-state index contributed by atoms with van der Waals surface area (Å²) >= 11 is 1.19. The van der Waals surface area contributed by atoms with Crippen molar-refractivity contribution in [3.8, 4) is 0 Å². The molecule has 0 spiro atoms. The third kappa shape index (κ3) is 8.56. The lowest BCUT2D eigenvalue weighted by Gasteiger charge is -2.18. The fourth-order valence-corrected chi connectivity index (χ4v) is 4.25. The molecule has 0 saturated heterocycles. The number of ether oxygens (including phenoxy) is 2. The number of benzene rings is 3. The molecule has 0 fully saturated rings. The summed E-state index contributed by atoms with van der Waals surface area (Å²) in [5, 5.41) is 7.40. The molecule has 0 saturated carbocycles. The number of aromatic nitrogens is 1. The molecule has 2 N–H and O–H groups in total. The first-order valence-electron chi connectivity index (χ1n) is 12.0. The fraction of sp³-hybridized carbons (Fsp3) is 0.172. The minimum absolute atomic E-state index is 0.0172. The maximum Gasteiger partial charge on any atom is 0.408 e. The van der Waals surface area contributed by atoms with Gasteiger partial charge in [0.1, 0.15) is 19.3 Å². The van der Waals surface area contributed by atoms with Gasteiger partial charge < -0.3 is 20.1 Å². The number of nitrogens with one attached hydrogen (secondary N) is 2. The Balaban J connectivity index is 1.33. The van der Waals surface area contributed by atoms with Gasteiger partial charge in [0.2, 0.25) is 5.91 Å².